The van der Waals surface area contributed by atoms with Crippen molar-refractivity contribution in [2.45, 2.75) is 104 Å². The fourth-order valence-electron chi connectivity index (χ4n) is 4.07. The quantitative estimate of drug-likeness (QED) is 0.379. The maximum Gasteiger partial charge on any atom is 0.465 e. The molecule has 0 spiro atoms. The highest BCUT2D eigenvalue weighted by Crippen LogP contribution is 2.43. The van der Waals surface area contributed by atoms with Gasteiger partial charge in [0, 0.05) is 17.4 Å². The summed E-state index contributed by atoms with van der Waals surface area (Å²) < 4.78 is 20.2. The van der Waals surface area contributed by atoms with Crippen LogP contribution in [0.25, 0.3) is 10.9 Å². The van der Waals surface area contributed by atoms with Gasteiger partial charge in [-0.25, -0.2) is 4.79 Å². The molecule has 0 saturated carbocycles. The number of hydrogen-bond donors (Lipinski definition) is 0. The number of rotatable bonds is 6. The topological polar surface area (TPSA) is 49.7 Å². The first-order chi connectivity index (χ1) is 14.4. The van der Waals surface area contributed by atoms with Crippen molar-refractivity contribution in [1.29, 1.82) is 0 Å². The largest absolute Gasteiger partial charge is 0.465 e. The van der Waals surface area contributed by atoms with E-state index in [-0.39, 0.29) is 19.0 Å². The second-order valence-electron chi connectivity index (χ2n) is 10.7. The fourth-order valence-corrected chi connectivity index (χ4v) is 4.07. The summed E-state index contributed by atoms with van der Waals surface area (Å²) in [6, 6.07) is 8.01. The van der Waals surface area contributed by atoms with Crippen molar-refractivity contribution in [2.24, 2.45) is 0 Å². The summed E-state index contributed by atoms with van der Waals surface area (Å²) in [5.74, 6) is 0.0289. The second kappa shape index (κ2) is 8.63. The summed E-state index contributed by atoms with van der Waals surface area (Å²) >= 11 is 0. The molecule has 1 aliphatic heterocycles. The fraction of sp³-hybridized carbons (Fsp3) is 0.640. The van der Waals surface area contributed by atoms with E-state index >= 15 is 0 Å². The van der Waals surface area contributed by atoms with Crippen LogP contribution in [0.3, 0.4) is 0 Å². The molecule has 1 atom stereocenters. The molecule has 6 heteroatoms. The summed E-state index contributed by atoms with van der Waals surface area (Å²) in [6.07, 6.45) is 5.89. The highest BCUT2D eigenvalue weighted by Gasteiger charge is 2.54. The van der Waals surface area contributed by atoms with Gasteiger partial charge in [0.25, 0.3) is 0 Å². The lowest BCUT2D eigenvalue weighted by Gasteiger charge is -2.32. The number of hydrogen-bond acceptors (Lipinski definition) is 4. The molecular weight excluding hydrogens is 389 g/mol. The average molecular weight is 427 g/mol. The first-order valence-corrected chi connectivity index (χ1v) is 11.6. The van der Waals surface area contributed by atoms with Crippen LogP contribution in [0.5, 0.6) is 0 Å². The average Bonchev–Trinajstić information content (AvgIpc) is 3.12. The number of ether oxygens (including phenoxy) is 1. The zero-order chi connectivity index (χ0) is 23.0. The minimum absolute atomic E-state index is 0.0289. The predicted octanol–water partition coefficient (Wildman–Crippen LogP) is 6.72. The number of unbranched alkanes of at least 4 members (excludes halogenated alkanes) is 2. The molecule has 0 bridgehead atoms. The van der Waals surface area contributed by atoms with Crippen molar-refractivity contribution in [3.63, 3.8) is 0 Å². The summed E-state index contributed by atoms with van der Waals surface area (Å²) in [5, 5.41) is 1.05. The zero-order valence-electron chi connectivity index (χ0n) is 20.5. The molecular formula is C25H38BNO4. The van der Waals surface area contributed by atoms with E-state index < -0.39 is 16.8 Å². The number of carbonyl (C=O) groups excluding carboxylic acids is 1. The van der Waals surface area contributed by atoms with E-state index in [0.29, 0.717) is 0 Å². The third kappa shape index (κ3) is 5.01. The van der Waals surface area contributed by atoms with Crippen molar-refractivity contribution in [3.05, 3.63) is 36.0 Å². The van der Waals surface area contributed by atoms with Gasteiger partial charge in [-0.15, -0.1) is 0 Å². The molecule has 0 amide bonds. The van der Waals surface area contributed by atoms with Crippen molar-refractivity contribution in [1.82, 2.24) is 4.57 Å². The van der Waals surface area contributed by atoms with E-state index in [4.69, 9.17) is 14.0 Å². The summed E-state index contributed by atoms with van der Waals surface area (Å²) in [5.41, 5.74) is 0.573. The Morgan fingerprint density at radius 2 is 1.71 bits per heavy atom. The second-order valence-corrected chi connectivity index (χ2v) is 10.7. The zero-order valence-corrected chi connectivity index (χ0v) is 20.5. The Balaban J connectivity index is 2.05. The number of nitrogens with zero attached hydrogens (tertiary/aromatic N) is 1. The Hall–Kier alpha value is -1.79. The minimum atomic E-state index is -0.561. The SMILES string of the molecule is CCCCC[C@@H](B1OC(C)(C)C(C)(C)O1)c1cn(C(=O)OC(C)(C)C)c2ccccc12. The van der Waals surface area contributed by atoms with Crippen LogP contribution in [-0.4, -0.2) is 34.6 Å². The molecule has 0 aliphatic carbocycles. The van der Waals surface area contributed by atoms with Gasteiger partial charge in [0.1, 0.15) is 5.60 Å². The molecule has 3 rings (SSSR count). The third-order valence-corrected chi connectivity index (χ3v) is 6.45. The lowest BCUT2D eigenvalue weighted by molar-refractivity contribution is 0.00578. The molecule has 1 aromatic heterocycles. The van der Waals surface area contributed by atoms with E-state index in [1.54, 1.807) is 4.57 Å². The van der Waals surface area contributed by atoms with Gasteiger partial charge < -0.3 is 14.0 Å². The molecule has 170 valence electrons. The number of aromatic nitrogens is 1. The van der Waals surface area contributed by atoms with Crippen LogP contribution in [-0.2, 0) is 14.0 Å². The van der Waals surface area contributed by atoms with Gasteiger partial charge in [0.2, 0.25) is 0 Å². The minimum Gasteiger partial charge on any atom is -0.443 e. The summed E-state index contributed by atoms with van der Waals surface area (Å²) in [6.45, 7) is 16.2. The van der Waals surface area contributed by atoms with E-state index in [0.717, 1.165) is 42.1 Å². The van der Waals surface area contributed by atoms with Gasteiger partial charge in [-0.1, -0.05) is 44.4 Å². The Labute approximate surface area is 187 Å². The number of carbonyl (C=O) groups is 1. The Bertz CT molecular complexity index is 909. The van der Waals surface area contributed by atoms with Crippen LogP contribution in [0.4, 0.5) is 4.79 Å². The molecule has 2 aromatic rings. The Morgan fingerprint density at radius 3 is 2.29 bits per heavy atom. The Morgan fingerprint density at radius 1 is 1.10 bits per heavy atom. The molecule has 0 radical (unpaired) electrons. The lowest BCUT2D eigenvalue weighted by atomic mass is 9.65. The Kier molecular flexibility index (Phi) is 6.64. The standard InChI is InChI=1S/C25H38BNO4/c1-9-10-11-15-20(26-30-24(5,6)25(7,8)31-26)19-17-27(22(28)29-23(2,3)4)21-16-13-12-14-18(19)21/h12-14,16-17,20H,9-11,15H2,1-8H3/t20-/m1/s1. The highest BCUT2D eigenvalue weighted by atomic mass is 16.7. The van der Waals surface area contributed by atoms with Crippen molar-refractivity contribution in [2.75, 3.05) is 0 Å². The van der Waals surface area contributed by atoms with Crippen molar-refractivity contribution in [3.8, 4) is 0 Å². The number of para-hydroxylation sites is 1. The molecule has 0 unspecified atom stereocenters. The predicted molar refractivity (Wildman–Crippen MR) is 127 cm³/mol. The highest BCUT2D eigenvalue weighted by molar-refractivity contribution is 6.48. The number of benzene rings is 1. The van der Waals surface area contributed by atoms with Gasteiger partial charge in [0.15, 0.2) is 0 Å². The molecule has 1 aliphatic rings. The summed E-state index contributed by atoms with van der Waals surface area (Å²) in [7, 11) is -0.361. The van der Waals surface area contributed by atoms with Gasteiger partial charge >= 0.3 is 13.2 Å². The van der Waals surface area contributed by atoms with Gasteiger partial charge in [-0.3, -0.25) is 4.57 Å². The smallest absolute Gasteiger partial charge is 0.443 e. The first kappa shape index (κ1) is 23.9. The van der Waals surface area contributed by atoms with Gasteiger partial charge in [0.05, 0.1) is 16.7 Å². The molecule has 0 N–H and O–H groups in total. The van der Waals surface area contributed by atoms with E-state index in [1.807, 2.05) is 45.2 Å². The van der Waals surface area contributed by atoms with E-state index in [1.165, 1.54) is 0 Å². The monoisotopic (exact) mass is 427 g/mol. The van der Waals surface area contributed by atoms with Crippen LogP contribution in [0, 0.1) is 0 Å². The molecule has 1 saturated heterocycles. The van der Waals surface area contributed by atoms with Crippen LogP contribution in [0.2, 0.25) is 0 Å². The van der Waals surface area contributed by atoms with E-state index in [2.05, 4.69) is 40.7 Å². The van der Waals surface area contributed by atoms with Crippen molar-refractivity contribution >= 4 is 24.1 Å². The van der Waals surface area contributed by atoms with Crippen LogP contribution >= 0.6 is 0 Å². The van der Waals surface area contributed by atoms with Crippen LogP contribution in [0.15, 0.2) is 30.5 Å². The first-order valence-electron chi connectivity index (χ1n) is 11.6. The summed E-state index contributed by atoms with van der Waals surface area (Å²) in [4.78, 5) is 13.0. The molecule has 31 heavy (non-hydrogen) atoms. The van der Waals surface area contributed by atoms with Crippen molar-refractivity contribution < 1.29 is 18.8 Å². The van der Waals surface area contributed by atoms with E-state index in [9.17, 15) is 4.79 Å². The number of fused-ring (bicyclic) bond motifs is 1. The molecule has 1 aromatic carbocycles. The maximum atomic E-state index is 13.0. The third-order valence-electron chi connectivity index (χ3n) is 6.45. The molecule has 5 nitrogen and oxygen atoms in total. The molecule has 1 fully saturated rings. The maximum absolute atomic E-state index is 13.0. The normalized spacial score (nSPS) is 19.0. The van der Waals surface area contributed by atoms with Gasteiger partial charge in [-0.05, 0) is 66.5 Å². The molecule has 2 heterocycles. The van der Waals surface area contributed by atoms with Crippen LogP contribution in [0.1, 0.15) is 92.5 Å². The van der Waals surface area contributed by atoms with Crippen LogP contribution < -0.4 is 0 Å². The van der Waals surface area contributed by atoms with Gasteiger partial charge in [-0.2, -0.15) is 0 Å². The lowest BCUT2D eigenvalue weighted by Crippen LogP contribution is -2.41.